The molecule has 1 atom stereocenters. The van der Waals surface area contributed by atoms with E-state index in [2.05, 4.69) is 48.3 Å². The molecular formula is C12H13N. The lowest BCUT2D eigenvalue weighted by Crippen LogP contribution is -2.19. The number of aromatic nitrogens is 1. The molecular weight excluding hydrogens is 158 g/mol. The molecule has 1 heterocycles. The van der Waals surface area contributed by atoms with E-state index in [0.29, 0.717) is 0 Å². The van der Waals surface area contributed by atoms with Crippen molar-refractivity contribution in [1.82, 2.24) is 4.98 Å². The Balaban J connectivity index is 2.35. The molecule has 0 fully saturated rings. The van der Waals surface area contributed by atoms with Crippen molar-refractivity contribution in [3.63, 3.8) is 0 Å². The van der Waals surface area contributed by atoms with Gasteiger partial charge in [0.25, 0.3) is 0 Å². The van der Waals surface area contributed by atoms with Gasteiger partial charge >= 0.3 is 0 Å². The van der Waals surface area contributed by atoms with Crippen LogP contribution in [0.5, 0.6) is 0 Å². The smallest absolute Gasteiger partial charge is 0.0270 e. The second-order valence-electron chi connectivity index (χ2n) is 3.64. The van der Waals surface area contributed by atoms with Crippen molar-refractivity contribution in [2.75, 3.05) is 0 Å². The number of hydrogen-bond acceptors (Lipinski definition) is 1. The molecule has 0 N–H and O–H groups in total. The summed E-state index contributed by atoms with van der Waals surface area (Å²) in [6, 6.07) is 4.17. The number of allylic oxidation sites excluding steroid dienone is 4. The molecule has 0 saturated heterocycles. The first-order valence-electron chi connectivity index (χ1n) is 4.56. The highest BCUT2D eigenvalue weighted by atomic mass is 14.6. The average molecular weight is 171 g/mol. The molecule has 1 heteroatoms. The maximum absolute atomic E-state index is 4.03. The SMILES string of the molecule is CC1(c2ccncc2)C=CC=CC1. The van der Waals surface area contributed by atoms with Gasteiger partial charge in [-0.1, -0.05) is 31.2 Å². The van der Waals surface area contributed by atoms with E-state index in [-0.39, 0.29) is 5.41 Å². The number of nitrogens with zero attached hydrogens (tertiary/aromatic N) is 1. The van der Waals surface area contributed by atoms with E-state index >= 15 is 0 Å². The normalized spacial score (nSPS) is 26.2. The Kier molecular flexibility index (Phi) is 2.01. The van der Waals surface area contributed by atoms with Crippen LogP contribution in [0.2, 0.25) is 0 Å². The van der Waals surface area contributed by atoms with Gasteiger partial charge in [0.2, 0.25) is 0 Å². The molecule has 0 aliphatic heterocycles. The summed E-state index contributed by atoms with van der Waals surface area (Å²) >= 11 is 0. The highest BCUT2D eigenvalue weighted by Crippen LogP contribution is 2.31. The van der Waals surface area contributed by atoms with Crippen molar-refractivity contribution in [3.8, 4) is 0 Å². The predicted molar refractivity (Wildman–Crippen MR) is 54.5 cm³/mol. The Labute approximate surface area is 78.8 Å². The van der Waals surface area contributed by atoms with Crippen molar-refractivity contribution in [2.24, 2.45) is 0 Å². The number of rotatable bonds is 1. The van der Waals surface area contributed by atoms with E-state index in [4.69, 9.17) is 0 Å². The molecule has 0 saturated carbocycles. The van der Waals surface area contributed by atoms with Crippen LogP contribution in [0, 0.1) is 0 Å². The van der Waals surface area contributed by atoms with Crippen LogP contribution in [0.4, 0.5) is 0 Å². The molecule has 1 aliphatic carbocycles. The van der Waals surface area contributed by atoms with E-state index in [0.717, 1.165) is 6.42 Å². The van der Waals surface area contributed by atoms with Gasteiger partial charge in [-0.2, -0.15) is 0 Å². The van der Waals surface area contributed by atoms with Gasteiger partial charge in [0.05, 0.1) is 0 Å². The molecule has 66 valence electrons. The predicted octanol–water partition coefficient (Wildman–Crippen LogP) is 2.86. The maximum atomic E-state index is 4.03. The first-order chi connectivity index (χ1) is 6.31. The fraction of sp³-hybridized carbons (Fsp3) is 0.250. The molecule has 1 aromatic rings. The second kappa shape index (κ2) is 3.17. The third kappa shape index (κ3) is 1.55. The standard InChI is InChI=1S/C12H13N/c1-12(7-3-2-4-8-12)11-5-9-13-10-6-11/h2-7,9-10H,8H2,1H3. The van der Waals surface area contributed by atoms with Crippen LogP contribution in [0.15, 0.2) is 48.8 Å². The van der Waals surface area contributed by atoms with Gasteiger partial charge in [-0.15, -0.1) is 0 Å². The number of pyridine rings is 1. The molecule has 0 bridgehead atoms. The first kappa shape index (κ1) is 8.24. The minimum absolute atomic E-state index is 0.164. The molecule has 1 unspecified atom stereocenters. The lowest BCUT2D eigenvalue weighted by atomic mass is 9.78. The van der Waals surface area contributed by atoms with Gasteiger partial charge < -0.3 is 0 Å². The fourth-order valence-corrected chi connectivity index (χ4v) is 1.67. The highest BCUT2D eigenvalue weighted by Gasteiger charge is 2.22. The van der Waals surface area contributed by atoms with Gasteiger partial charge in [0, 0.05) is 17.8 Å². The van der Waals surface area contributed by atoms with Crippen LogP contribution >= 0.6 is 0 Å². The van der Waals surface area contributed by atoms with Crippen LogP contribution < -0.4 is 0 Å². The molecule has 0 aromatic carbocycles. The zero-order valence-corrected chi connectivity index (χ0v) is 7.77. The lowest BCUT2D eigenvalue weighted by molar-refractivity contribution is 0.599. The van der Waals surface area contributed by atoms with E-state index in [9.17, 15) is 0 Å². The Morgan fingerprint density at radius 3 is 2.62 bits per heavy atom. The van der Waals surface area contributed by atoms with Gasteiger partial charge in [-0.25, -0.2) is 0 Å². The minimum atomic E-state index is 0.164. The van der Waals surface area contributed by atoms with E-state index in [1.165, 1.54) is 5.56 Å². The Morgan fingerprint density at radius 2 is 2.00 bits per heavy atom. The van der Waals surface area contributed by atoms with Crippen molar-refractivity contribution in [1.29, 1.82) is 0 Å². The topological polar surface area (TPSA) is 12.9 Å². The fourth-order valence-electron chi connectivity index (χ4n) is 1.67. The van der Waals surface area contributed by atoms with Crippen molar-refractivity contribution in [2.45, 2.75) is 18.8 Å². The second-order valence-corrected chi connectivity index (χ2v) is 3.64. The summed E-state index contributed by atoms with van der Waals surface area (Å²) in [5.41, 5.74) is 1.50. The third-order valence-electron chi connectivity index (χ3n) is 2.59. The molecule has 0 amide bonds. The molecule has 0 radical (unpaired) electrons. The molecule has 1 aliphatic rings. The average Bonchev–Trinajstić information content (AvgIpc) is 2.20. The summed E-state index contributed by atoms with van der Waals surface area (Å²) in [6.45, 7) is 2.25. The van der Waals surface area contributed by atoms with Crippen molar-refractivity contribution in [3.05, 3.63) is 54.4 Å². The van der Waals surface area contributed by atoms with Crippen molar-refractivity contribution < 1.29 is 0 Å². The van der Waals surface area contributed by atoms with Crippen LogP contribution in [-0.4, -0.2) is 4.98 Å². The zero-order chi connectivity index (χ0) is 9.15. The van der Waals surface area contributed by atoms with E-state index in [1.54, 1.807) is 0 Å². The molecule has 1 nitrogen and oxygen atoms in total. The Hall–Kier alpha value is -1.37. The molecule has 0 spiro atoms. The number of hydrogen-bond donors (Lipinski definition) is 0. The minimum Gasteiger partial charge on any atom is -0.265 e. The quantitative estimate of drug-likeness (QED) is 0.633. The van der Waals surface area contributed by atoms with Crippen LogP contribution in [-0.2, 0) is 5.41 Å². The highest BCUT2D eigenvalue weighted by molar-refractivity contribution is 5.33. The van der Waals surface area contributed by atoms with Gasteiger partial charge in [-0.3, -0.25) is 4.98 Å². The summed E-state index contributed by atoms with van der Waals surface area (Å²) in [7, 11) is 0. The van der Waals surface area contributed by atoms with Crippen LogP contribution in [0.1, 0.15) is 18.9 Å². The summed E-state index contributed by atoms with van der Waals surface area (Å²) in [4.78, 5) is 4.03. The van der Waals surface area contributed by atoms with Gasteiger partial charge in [0.15, 0.2) is 0 Å². The van der Waals surface area contributed by atoms with Gasteiger partial charge in [-0.05, 0) is 24.1 Å². The molecule has 1 aromatic heterocycles. The summed E-state index contributed by atoms with van der Waals surface area (Å²) < 4.78 is 0. The largest absolute Gasteiger partial charge is 0.265 e. The summed E-state index contributed by atoms with van der Waals surface area (Å²) in [5, 5.41) is 0. The molecule has 13 heavy (non-hydrogen) atoms. The summed E-state index contributed by atoms with van der Waals surface area (Å²) in [5.74, 6) is 0. The van der Waals surface area contributed by atoms with Crippen LogP contribution in [0.25, 0.3) is 0 Å². The monoisotopic (exact) mass is 171 g/mol. The maximum Gasteiger partial charge on any atom is 0.0270 e. The van der Waals surface area contributed by atoms with E-state index in [1.807, 2.05) is 12.4 Å². The van der Waals surface area contributed by atoms with Crippen molar-refractivity contribution >= 4 is 0 Å². The van der Waals surface area contributed by atoms with E-state index < -0.39 is 0 Å². The zero-order valence-electron chi connectivity index (χ0n) is 7.77. The van der Waals surface area contributed by atoms with Gasteiger partial charge in [0.1, 0.15) is 0 Å². The molecule has 2 rings (SSSR count). The summed E-state index contributed by atoms with van der Waals surface area (Å²) in [6.07, 6.45) is 13.5. The first-order valence-corrected chi connectivity index (χ1v) is 4.56. The lowest BCUT2D eigenvalue weighted by Gasteiger charge is -2.26. The van der Waals surface area contributed by atoms with Crippen LogP contribution in [0.3, 0.4) is 0 Å². The Bertz CT molecular complexity index is 337. The Morgan fingerprint density at radius 1 is 1.23 bits per heavy atom. The third-order valence-corrected chi connectivity index (χ3v) is 2.59.